The van der Waals surface area contributed by atoms with Crippen molar-refractivity contribution in [2.45, 2.75) is 38.8 Å². The Bertz CT molecular complexity index is 310. The molecule has 2 rings (SSSR count). The van der Waals surface area contributed by atoms with Gasteiger partial charge in [0.1, 0.15) is 0 Å². The fraction of sp³-hybridized carbons (Fsp3) is 0.929. The fourth-order valence-electron chi connectivity index (χ4n) is 3.09. The van der Waals surface area contributed by atoms with Crippen molar-refractivity contribution < 1.29 is 14.3 Å². The van der Waals surface area contributed by atoms with Crippen molar-refractivity contribution in [3.63, 3.8) is 0 Å². The Balaban J connectivity index is 2.13. The normalized spacial score (nSPS) is 31.2. The number of carbonyl (C=O) groups is 1. The maximum absolute atomic E-state index is 13.0. The van der Waals surface area contributed by atoms with Crippen molar-refractivity contribution >= 4 is 5.91 Å². The van der Waals surface area contributed by atoms with E-state index in [-0.39, 0.29) is 23.5 Å². The number of hydrogen-bond acceptors (Lipinski definition) is 4. The molecule has 2 saturated heterocycles. The molecule has 0 aromatic rings. The van der Waals surface area contributed by atoms with Gasteiger partial charge in [-0.25, -0.2) is 0 Å². The summed E-state index contributed by atoms with van der Waals surface area (Å²) in [5, 5.41) is 3.32. The lowest BCUT2D eigenvalue weighted by Crippen LogP contribution is -2.58. The topological polar surface area (TPSA) is 50.8 Å². The number of ether oxygens (including phenoxy) is 2. The first kappa shape index (κ1) is 14.8. The second-order valence-electron chi connectivity index (χ2n) is 5.91. The van der Waals surface area contributed by atoms with Crippen LogP contribution in [0.4, 0.5) is 0 Å². The minimum atomic E-state index is -0.342. The first-order valence-corrected chi connectivity index (χ1v) is 7.21. The minimum absolute atomic E-state index is 0.126. The number of piperidine rings is 1. The molecule has 5 nitrogen and oxygen atoms in total. The molecule has 2 aliphatic heterocycles. The van der Waals surface area contributed by atoms with Gasteiger partial charge < -0.3 is 19.7 Å². The molecular weight excluding hydrogens is 244 g/mol. The molecule has 2 heterocycles. The van der Waals surface area contributed by atoms with Crippen molar-refractivity contribution in [3.8, 4) is 0 Å². The van der Waals surface area contributed by atoms with Gasteiger partial charge in [0.15, 0.2) is 0 Å². The lowest BCUT2D eigenvalue weighted by Gasteiger charge is -2.44. The Morgan fingerprint density at radius 1 is 1.42 bits per heavy atom. The molecule has 2 fully saturated rings. The van der Waals surface area contributed by atoms with Gasteiger partial charge >= 0.3 is 0 Å². The standard InChI is InChI=1S/C14H26N2O3/c1-11-9-19-12(2)8-16(11)13(17)14(10-18-3)4-6-15-7-5-14/h11-12,15H,4-10H2,1-3H3. The zero-order chi connectivity index (χ0) is 13.9. The van der Waals surface area contributed by atoms with E-state index >= 15 is 0 Å². The predicted molar refractivity (Wildman–Crippen MR) is 73.0 cm³/mol. The summed E-state index contributed by atoms with van der Waals surface area (Å²) in [6.07, 6.45) is 1.84. The lowest BCUT2D eigenvalue weighted by molar-refractivity contribution is -0.159. The fourth-order valence-corrected chi connectivity index (χ4v) is 3.09. The van der Waals surface area contributed by atoms with Crippen LogP contribution in [0.5, 0.6) is 0 Å². The Kier molecular flexibility index (Phi) is 4.81. The van der Waals surface area contributed by atoms with Crippen LogP contribution >= 0.6 is 0 Å². The van der Waals surface area contributed by atoms with E-state index in [1.807, 2.05) is 11.8 Å². The zero-order valence-corrected chi connectivity index (χ0v) is 12.3. The molecule has 2 atom stereocenters. The minimum Gasteiger partial charge on any atom is -0.384 e. The molecule has 0 spiro atoms. The van der Waals surface area contributed by atoms with Crippen LogP contribution in [0.25, 0.3) is 0 Å². The molecular formula is C14H26N2O3. The van der Waals surface area contributed by atoms with E-state index in [1.54, 1.807) is 7.11 Å². The highest BCUT2D eigenvalue weighted by atomic mass is 16.5. The van der Waals surface area contributed by atoms with Gasteiger partial charge in [0.25, 0.3) is 0 Å². The molecule has 1 amide bonds. The second-order valence-corrected chi connectivity index (χ2v) is 5.91. The average molecular weight is 270 g/mol. The summed E-state index contributed by atoms with van der Waals surface area (Å²) >= 11 is 0. The Hall–Kier alpha value is -0.650. The van der Waals surface area contributed by atoms with Crippen molar-refractivity contribution in [1.82, 2.24) is 10.2 Å². The van der Waals surface area contributed by atoms with Gasteiger partial charge in [-0.1, -0.05) is 0 Å². The van der Waals surface area contributed by atoms with Crippen molar-refractivity contribution in [3.05, 3.63) is 0 Å². The van der Waals surface area contributed by atoms with Crippen LogP contribution in [0.1, 0.15) is 26.7 Å². The summed E-state index contributed by atoms with van der Waals surface area (Å²) in [6, 6.07) is 0.160. The third-order valence-corrected chi connectivity index (χ3v) is 4.30. The van der Waals surface area contributed by atoms with Gasteiger partial charge in [0.2, 0.25) is 5.91 Å². The van der Waals surface area contributed by atoms with E-state index in [1.165, 1.54) is 0 Å². The molecule has 0 bridgehead atoms. The predicted octanol–water partition coefficient (Wildman–Crippen LogP) is 0.638. The molecule has 1 N–H and O–H groups in total. The number of carbonyl (C=O) groups excluding carboxylic acids is 1. The van der Waals surface area contributed by atoms with Crippen molar-refractivity contribution in [2.75, 3.05) is 40.0 Å². The molecule has 0 aromatic carbocycles. The van der Waals surface area contributed by atoms with Gasteiger partial charge in [0, 0.05) is 13.7 Å². The quantitative estimate of drug-likeness (QED) is 0.817. The van der Waals surface area contributed by atoms with Gasteiger partial charge in [-0.15, -0.1) is 0 Å². The first-order chi connectivity index (χ1) is 9.09. The van der Waals surface area contributed by atoms with E-state index in [0.717, 1.165) is 25.9 Å². The Morgan fingerprint density at radius 2 is 2.11 bits per heavy atom. The van der Waals surface area contributed by atoms with Crippen LogP contribution in [-0.4, -0.2) is 62.9 Å². The summed E-state index contributed by atoms with van der Waals surface area (Å²) in [7, 11) is 1.68. The summed E-state index contributed by atoms with van der Waals surface area (Å²) in [5.74, 6) is 0.249. The SMILES string of the molecule is COCC1(C(=O)N2CC(C)OCC2C)CCNCC1. The van der Waals surface area contributed by atoms with Crippen molar-refractivity contribution in [2.24, 2.45) is 5.41 Å². The number of morpholine rings is 1. The highest BCUT2D eigenvalue weighted by molar-refractivity contribution is 5.83. The van der Waals surface area contributed by atoms with Gasteiger partial charge in [-0.3, -0.25) is 4.79 Å². The zero-order valence-electron chi connectivity index (χ0n) is 12.3. The van der Waals surface area contributed by atoms with E-state index < -0.39 is 0 Å². The number of amides is 1. The highest BCUT2D eigenvalue weighted by Gasteiger charge is 2.44. The lowest BCUT2D eigenvalue weighted by atomic mass is 9.78. The van der Waals surface area contributed by atoms with E-state index in [9.17, 15) is 4.79 Å². The van der Waals surface area contributed by atoms with E-state index in [0.29, 0.717) is 19.8 Å². The second kappa shape index (κ2) is 6.20. The van der Waals surface area contributed by atoms with Crippen LogP contribution in [-0.2, 0) is 14.3 Å². The molecule has 19 heavy (non-hydrogen) atoms. The van der Waals surface area contributed by atoms with Gasteiger partial charge in [-0.05, 0) is 39.8 Å². The van der Waals surface area contributed by atoms with Gasteiger partial charge in [0.05, 0.1) is 30.8 Å². The summed E-state index contributed by atoms with van der Waals surface area (Å²) in [6.45, 7) is 7.72. The Morgan fingerprint density at radius 3 is 2.74 bits per heavy atom. The smallest absolute Gasteiger partial charge is 0.231 e. The van der Waals surface area contributed by atoms with Crippen LogP contribution in [0.3, 0.4) is 0 Å². The third-order valence-electron chi connectivity index (χ3n) is 4.30. The summed E-state index contributed by atoms with van der Waals surface area (Å²) in [5.41, 5.74) is -0.342. The number of nitrogens with zero attached hydrogens (tertiary/aromatic N) is 1. The highest BCUT2D eigenvalue weighted by Crippen LogP contribution is 2.33. The molecule has 110 valence electrons. The van der Waals surface area contributed by atoms with Gasteiger partial charge in [-0.2, -0.15) is 0 Å². The average Bonchev–Trinajstić information content (AvgIpc) is 2.42. The van der Waals surface area contributed by atoms with Crippen LogP contribution in [0.2, 0.25) is 0 Å². The molecule has 0 radical (unpaired) electrons. The first-order valence-electron chi connectivity index (χ1n) is 7.21. The molecule has 0 aliphatic carbocycles. The number of methoxy groups -OCH3 is 1. The third kappa shape index (κ3) is 3.09. The van der Waals surface area contributed by atoms with Crippen LogP contribution in [0, 0.1) is 5.41 Å². The maximum atomic E-state index is 13.0. The molecule has 0 aromatic heterocycles. The Labute approximate surface area is 115 Å². The number of rotatable bonds is 3. The molecule has 2 unspecified atom stereocenters. The van der Waals surface area contributed by atoms with E-state index in [4.69, 9.17) is 9.47 Å². The summed E-state index contributed by atoms with van der Waals surface area (Å²) in [4.78, 5) is 15.0. The number of hydrogen-bond donors (Lipinski definition) is 1. The number of nitrogens with one attached hydrogen (secondary N) is 1. The van der Waals surface area contributed by atoms with E-state index in [2.05, 4.69) is 12.2 Å². The molecule has 5 heteroatoms. The molecule has 0 saturated carbocycles. The van der Waals surface area contributed by atoms with Crippen LogP contribution in [0.15, 0.2) is 0 Å². The van der Waals surface area contributed by atoms with Crippen molar-refractivity contribution in [1.29, 1.82) is 0 Å². The molecule has 2 aliphatic rings. The largest absolute Gasteiger partial charge is 0.384 e. The van der Waals surface area contributed by atoms with Crippen LogP contribution < -0.4 is 5.32 Å². The summed E-state index contributed by atoms with van der Waals surface area (Å²) < 4.78 is 11.0. The monoisotopic (exact) mass is 270 g/mol. The maximum Gasteiger partial charge on any atom is 0.231 e.